The number of fused-ring (bicyclic) bond motifs is 1. The number of rotatable bonds is 3. The van der Waals surface area contributed by atoms with Gasteiger partial charge in [0.2, 0.25) is 0 Å². The predicted octanol–water partition coefficient (Wildman–Crippen LogP) is 3.23. The fourth-order valence-electron chi connectivity index (χ4n) is 2.81. The van der Waals surface area contributed by atoms with Crippen LogP contribution in [0.3, 0.4) is 0 Å². The first-order chi connectivity index (χ1) is 10.1. The van der Waals surface area contributed by atoms with Crippen molar-refractivity contribution in [3.05, 3.63) is 59.8 Å². The standard InChI is InChI=1S/C17H18N2O2/c1-19(2)17(13-8-7-11(20)9-16(13)21)14-10-18-15-6-4-3-5-12(14)15/h3-10,17-18,20-21H,1-2H3. The number of hydrogen-bond acceptors (Lipinski definition) is 3. The third kappa shape index (κ3) is 2.34. The van der Waals surface area contributed by atoms with Gasteiger partial charge in [0.1, 0.15) is 11.5 Å². The van der Waals surface area contributed by atoms with Crippen LogP contribution in [-0.4, -0.2) is 34.2 Å². The second kappa shape index (κ2) is 5.14. The Labute approximate surface area is 123 Å². The van der Waals surface area contributed by atoms with Gasteiger partial charge in [-0.15, -0.1) is 0 Å². The van der Waals surface area contributed by atoms with Gasteiger partial charge in [0.15, 0.2) is 0 Å². The molecule has 0 bridgehead atoms. The summed E-state index contributed by atoms with van der Waals surface area (Å²) in [7, 11) is 3.94. The second-order valence-corrected chi connectivity index (χ2v) is 5.40. The lowest BCUT2D eigenvalue weighted by Gasteiger charge is -2.25. The van der Waals surface area contributed by atoms with Crippen LogP contribution >= 0.6 is 0 Å². The van der Waals surface area contributed by atoms with Gasteiger partial charge in [-0.1, -0.05) is 18.2 Å². The van der Waals surface area contributed by atoms with Gasteiger partial charge in [-0.05, 0) is 37.9 Å². The van der Waals surface area contributed by atoms with Crippen molar-refractivity contribution in [2.24, 2.45) is 0 Å². The van der Waals surface area contributed by atoms with E-state index in [1.54, 1.807) is 12.1 Å². The fraction of sp³-hybridized carbons (Fsp3) is 0.176. The Bertz CT molecular complexity index is 777. The van der Waals surface area contributed by atoms with Crippen LogP contribution in [0.4, 0.5) is 0 Å². The van der Waals surface area contributed by atoms with Crippen LogP contribution in [0.1, 0.15) is 17.2 Å². The number of aromatic hydroxyl groups is 2. The van der Waals surface area contributed by atoms with E-state index in [1.165, 1.54) is 6.07 Å². The lowest BCUT2D eigenvalue weighted by molar-refractivity contribution is 0.332. The Morgan fingerprint density at radius 3 is 2.48 bits per heavy atom. The number of aromatic amines is 1. The van der Waals surface area contributed by atoms with Gasteiger partial charge in [0, 0.05) is 28.7 Å². The van der Waals surface area contributed by atoms with Gasteiger partial charge in [-0.3, -0.25) is 4.90 Å². The number of nitrogens with one attached hydrogen (secondary N) is 1. The minimum atomic E-state index is -0.0956. The molecule has 0 radical (unpaired) electrons. The molecule has 3 aromatic rings. The van der Waals surface area contributed by atoms with Crippen LogP contribution in [0.25, 0.3) is 10.9 Å². The van der Waals surface area contributed by atoms with E-state index < -0.39 is 0 Å². The Kier molecular flexibility index (Phi) is 3.31. The summed E-state index contributed by atoms with van der Waals surface area (Å²) in [6, 6.07) is 12.7. The summed E-state index contributed by atoms with van der Waals surface area (Å²) in [5.41, 5.74) is 2.93. The fourth-order valence-corrected chi connectivity index (χ4v) is 2.81. The molecule has 0 spiro atoms. The monoisotopic (exact) mass is 282 g/mol. The highest BCUT2D eigenvalue weighted by Gasteiger charge is 2.22. The van der Waals surface area contributed by atoms with Gasteiger partial charge in [-0.25, -0.2) is 0 Å². The smallest absolute Gasteiger partial charge is 0.124 e. The summed E-state index contributed by atoms with van der Waals surface area (Å²) in [5.74, 6) is 0.159. The molecule has 1 aromatic heterocycles. The van der Waals surface area contributed by atoms with E-state index in [-0.39, 0.29) is 17.5 Å². The molecule has 0 amide bonds. The topological polar surface area (TPSA) is 59.5 Å². The molecule has 3 N–H and O–H groups in total. The number of hydrogen-bond donors (Lipinski definition) is 3. The van der Waals surface area contributed by atoms with E-state index in [9.17, 15) is 10.2 Å². The zero-order valence-electron chi connectivity index (χ0n) is 12.0. The van der Waals surface area contributed by atoms with E-state index in [0.29, 0.717) is 0 Å². The summed E-state index contributed by atoms with van der Waals surface area (Å²) >= 11 is 0. The average molecular weight is 282 g/mol. The van der Waals surface area contributed by atoms with Crippen molar-refractivity contribution in [1.82, 2.24) is 9.88 Å². The summed E-state index contributed by atoms with van der Waals surface area (Å²) in [6.07, 6.45) is 1.97. The third-order valence-electron chi connectivity index (χ3n) is 3.74. The SMILES string of the molecule is CN(C)C(c1ccc(O)cc1O)c1c[nH]c2ccccc12. The van der Waals surface area contributed by atoms with Crippen LogP contribution in [0.15, 0.2) is 48.7 Å². The maximum Gasteiger partial charge on any atom is 0.124 e. The first-order valence-corrected chi connectivity index (χ1v) is 6.82. The number of H-pyrrole nitrogens is 1. The molecule has 3 rings (SSSR count). The maximum absolute atomic E-state index is 10.2. The molecule has 2 aromatic carbocycles. The summed E-state index contributed by atoms with van der Waals surface area (Å²) in [6.45, 7) is 0. The van der Waals surface area contributed by atoms with Crippen LogP contribution in [0.5, 0.6) is 11.5 Å². The van der Waals surface area contributed by atoms with E-state index in [2.05, 4.69) is 11.1 Å². The molecular formula is C17H18N2O2. The molecule has 0 saturated heterocycles. The number of phenols is 2. The first kappa shape index (κ1) is 13.5. The van der Waals surface area contributed by atoms with Gasteiger partial charge < -0.3 is 15.2 Å². The molecule has 108 valence electrons. The van der Waals surface area contributed by atoms with Crippen molar-refractivity contribution in [3.8, 4) is 11.5 Å². The van der Waals surface area contributed by atoms with Gasteiger partial charge >= 0.3 is 0 Å². The van der Waals surface area contributed by atoms with E-state index >= 15 is 0 Å². The lowest BCUT2D eigenvalue weighted by Crippen LogP contribution is -2.21. The number of para-hydroxylation sites is 1. The molecule has 0 aliphatic rings. The molecule has 0 aliphatic heterocycles. The number of nitrogens with zero attached hydrogens (tertiary/aromatic N) is 1. The van der Waals surface area contributed by atoms with Crippen molar-refractivity contribution in [1.29, 1.82) is 0 Å². The van der Waals surface area contributed by atoms with Crippen molar-refractivity contribution in [2.45, 2.75) is 6.04 Å². The maximum atomic E-state index is 10.2. The van der Waals surface area contributed by atoms with Crippen LogP contribution in [0, 0.1) is 0 Å². The number of aromatic nitrogens is 1. The molecule has 0 fully saturated rings. The van der Waals surface area contributed by atoms with E-state index in [1.807, 2.05) is 43.4 Å². The Morgan fingerprint density at radius 2 is 1.76 bits per heavy atom. The molecule has 4 heteroatoms. The first-order valence-electron chi connectivity index (χ1n) is 6.82. The Hall–Kier alpha value is -2.46. The van der Waals surface area contributed by atoms with Gasteiger partial charge in [0.25, 0.3) is 0 Å². The molecule has 4 nitrogen and oxygen atoms in total. The molecule has 0 aliphatic carbocycles. The summed E-state index contributed by atoms with van der Waals surface area (Å²) in [4.78, 5) is 5.31. The van der Waals surface area contributed by atoms with Crippen LogP contribution in [-0.2, 0) is 0 Å². The predicted molar refractivity (Wildman–Crippen MR) is 83.6 cm³/mol. The van der Waals surface area contributed by atoms with Crippen molar-refractivity contribution in [2.75, 3.05) is 14.1 Å². The van der Waals surface area contributed by atoms with Gasteiger partial charge in [-0.2, -0.15) is 0 Å². The van der Waals surface area contributed by atoms with E-state index in [4.69, 9.17) is 0 Å². The highest BCUT2D eigenvalue weighted by molar-refractivity contribution is 5.84. The van der Waals surface area contributed by atoms with Crippen LogP contribution in [0.2, 0.25) is 0 Å². The molecule has 1 unspecified atom stereocenters. The zero-order chi connectivity index (χ0) is 15.0. The quantitative estimate of drug-likeness (QED) is 0.691. The highest BCUT2D eigenvalue weighted by atomic mass is 16.3. The molecule has 1 atom stereocenters. The second-order valence-electron chi connectivity index (χ2n) is 5.40. The minimum Gasteiger partial charge on any atom is -0.508 e. The summed E-state index contributed by atoms with van der Waals surface area (Å²) < 4.78 is 0. The molecule has 0 saturated carbocycles. The summed E-state index contributed by atoms with van der Waals surface area (Å²) in [5, 5.41) is 20.8. The average Bonchev–Trinajstić information content (AvgIpc) is 2.85. The molecule has 1 heterocycles. The minimum absolute atomic E-state index is 0.0627. The molecular weight excluding hydrogens is 264 g/mol. The lowest BCUT2D eigenvalue weighted by atomic mass is 9.96. The van der Waals surface area contributed by atoms with Crippen molar-refractivity contribution in [3.63, 3.8) is 0 Å². The number of phenolic OH excluding ortho intramolecular Hbond substituents is 2. The molecule has 21 heavy (non-hydrogen) atoms. The Morgan fingerprint density at radius 1 is 1.00 bits per heavy atom. The largest absolute Gasteiger partial charge is 0.508 e. The third-order valence-corrected chi connectivity index (χ3v) is 3.74. The number of benzene rings is 2. The van der Waals surface area contributed by atoms with E-state index in [0.717, 1.165) is 22.0 Å². The zero-order valence-corrected chi connectivity index (χ0v) is 12.0. The van der Waals surface area contributed by atoms with Crippen molar-refractivity contribution < 1.29 is 10.2 Å². The highest BCUT2D eigenvalue weighted by Crippen LogP contribution is 2.37. The van der Waals surface area contributed by atoms with Crippen LogP contribution < -0.4 is 0 Å². The Balaban J connectivity index is 2.18. The van der Waals surface area contributed by atoms with Crippen molar-refractivity contribution >= 4 is 10.9 Å². The normalized spacial score (nSPS) is 12.9. The van der Waals surface area contributed by atoms with Gasteiger partial charge in [0.05, 0.1) is 6.04 Å².